The number of benzene rings is 2. The SMILES string of the molecule is COc1ccc(C2(C(=O)N3CCOC[C@@H](Cc4cccc5ccncc45)C3)CCOCC2)cc1. The number of methoxy groups -OCH3 is 1. The van der Waals surface area contributed by atoms with Crippen molar-refractivity contribution >= 4 is 16.7 Å². The molecule has 0 unspecified atom stereocenters. The quantitative estimate of drug-likeness (QED) is 0.576. The highest BCUT2D eigenvalue weighted by atomic mass is 16.5. The molecule has 2 aliphatic heterocycles. The molecule has 0 aliphatic carbocycles. The molecule has 5 rings (SSSR count). The van der Waals surface area contributed by atoms with Crippen LogP contribution in [-0.4, -0.2) is 62.4 Å². The number of carbonyl (C=O) groups is 1. The van der Waals surface area contributed by atoms with Crippen LogP contribution in [-0.2, 0) is 26.1 Å². The van der Waals surface area contributed by atoms with Gasteiger partial charge in [0.1, 0.15) is 5.75 Å². The Bertz CT molecular complexity index is 1120. The van der Waals surface area contributed by atoms with Crippen LogP contribution in [0.25, 0.3) is 10.8 Å². The summed E-state index contributed by atoms with van der Waals surface area (Å²) in [6.07, 6.45) is 6.00. The van der Waals surface area contributed by atoms with Crippen LogP contribution in [0.4, 0.5) is 0 Å². The van der Waals surface area contributed by atoms with Gasteiger partial charge in [0.2, 0.25) is 5.91 Å². The maximum Gasteiger partial charge on any atom is 0.233 e. The van der Waals surface area contributed by atoms with E-state index in [2.05, 4.69) is 23.2 Å². The first-order valence-electron chi connectivity index (χ1n) is 12.1. The van der Waals surface area contributed by atoms with E-state index in [0.29, 0.717) is 52.4 Å². The maximum atomic E-state index is 14.2. The number of nitrogens with zero attached hydrogens (tertiary/aromatic N) is 2. The topological polar surface area (TPSA) is 60.9 Å². The summed E-state index contributed by atoms with van der Waals surface area (Å²) in [6.45, 7) is 3.70. The van der Waals surface area contributed by atoms with E-state index < -0.39 is 5.41 Å². The van der Waals surface area contributed by atoms with Crippen LogP contribution < -0.4 is 4.74 Å². The second-order valence-electron chi connectivity index (χ2n) is 9.33. The minimum absolute atomic E-state index is 0.191. The Balaban J connectivity index is 1.40. The number of pyridine rings is 1. The number of aromatic nitrogens is 1. The fraction of sp³-hybridized carbons (Fsp3) is 0.429. The third-order valence-electron chi connectivity index (χ3n) is 7.31. The van der Waals surface area contributed by atoms with E-state index in [1.165, 1.54) is 16.3 Å². The molecule has 3 aromatic rings. The zero-order valence-electron chi connectivity index (χ0n) is 19.7. The van der Waals surface area contributed by atoms with Gasteiger partial charge in [0.15, 0.2) is 0 Å². The molecule has 0 N–H and O–H groups in total. The molecule has 0 bridgehead atoms. The van der Waals surface area contributed by atoms with E-state index in [1.807, 2.05) is 47.6 Å². The summed E-state index contributed by atoms with van der Waals surface area (Å²) >= 11 is 0. The van der Waals surface area contributed by atoms with Crippen molar-refractivity contribution in [2.24, 2.45) is 5.92 Å². The molecule has 178 valence electrons. The molecule has 0 radical (unpaired) electrons. The normalized spacial score (nSPS) is 20.6. The monoisotopic (exact) mass is 460 g/mol. The molecule has 6 heteroatoms. The smallest absolute Gasteiger partial charge is 0.233 e. The van der Waals surface area contributed by atoms with Gasteiger partial charge < -0.3 is 19.1 Å². The van der Waals surface area contributed by atoms with E-state index in [-0.39, 0.29) is 11.8 Å². The largest absolute Gasteiger partial charge is 0.497 e. The maximum absolute atomic E-state index is 14.2. The van der Waals surface area contributed by atoms with Crippen LogP contribution >= 0.6 is 0 Å². The first-order chi connectivity index (χ1) is 16.7. The average molecular weight is 461 g/mol. The predicted octanol–water partition coefficient (Wildman–Crippen LogP) is 4.01. The molecular formula is C28H32N2O4. The standard InChI is InChI=1S/C28H32N2O4/c1-32-25-7-5-24(6-8-25)28(10-14-33-15-11-28)27(31)30-13-16-34-20-21(19-30)17-23-4-2-3-22-9-12-29-18-26(22)23/h2-9,12,18,21H,10-11,13-17,19-20H2,1H3/t21-/m0/s1. The third-order valence-corrected chi connectivity index (χ3v) is 7.31. The molecule has 3 heterocycles. The summed E-state index contributed by atoms with van der Waals surface area (Å²) in [4.78, 5) is 20.5. The molecule has 2 aromatic carbocycles. The van der Waals surface area contributed by atoms with Gasteiger partial charge in [-0.25, -0.2) is 0 Å². The number of fused-ring (bicyclic) bond motifs is 1. The van der Waals surface area contributed by atoms with Crippen molar-refractivity contribution in [1.29, 1.82) is 0 Å². The third kappa shape index (κ3) is 4.52. The van der Waals surface area contributed by atoms with Gasteiger partial charge in [-0.15, -0.1) is 0 Å². The van der Waals surface area contributed by atoms with E-state index in [1.54, 1.807) is 7.11 Å². The highest BCUT2D eigenvalue weighted by Crippen LogP contribution is 2.38. The van der Waals surface area contributed by atoms with Gasteiger partial charge in [-0.2, -0.15) is 0 Å². The van der Waals surface area contributed by atoms with Gasteiger partial charge in [0, 0.05) is 50.0 Å². The highest BCUT2D eigenvalue weighted by molar-refractivity contribution is 5.89. The lowest BCUT2D eigenvalue weighted by Gasteiger charge is -2.40. The van der Waals surface area contributed by atoms with E-state index in [0.717, 1.165) is 17.7 Å². The van der Waals surface area contributed by atoms with Crippen LogP contribution in [0.15, 0.2) is 60.9 Å². The number of carbonyl (C=O) groups excluding carboxylic acids is 1. The minimum atomic E-state index is -0.567. The van der Waals surface area contributed by atoms with Crippen molar-refractivity contribution in [2.45, 2.75) is 24.7 Å². The Morgan fingerprint density at radius 3 is 2.71 bits per heavy atom. The molecular weight excluding hydrogens is 428 g/mol. The van der Waals surface area contributed by atoms with Crippen LogP contribution in [0.1, 0.15) is 24.0 Å². The molecule has 1 aromatic heterocycles. The van der Waals surface area contributed by atoms with Crippen molar-refractivity contribution in [3.8, 4) is 5.75 Å². The zero-order valence-corrected chi connectivity index (χ0v) is 19.7. The fourth-order valence-electron chi connectivity index (χ4n) is 5.41. The van der Waals surface area contributed by atoms with E-state index in [4.69, 9.17) is 14.2 Å². The summed E-state index contributed by atoms with van der Waals surface area (Å²) in [5.74, 6) is 1.22. The molecule has 0 spiro atoms. The number of hydrogen-bond donors (Lipinski definition) is 0. The minimum Gasteiger partial charge on any atom is -0.497 e. The Hall–Kier alpha value is -2.96. The molecule has 1 atom stereocenters. The molecule has 2 saturated heterocycles. The molecule has 2 fully saturated rings. The van der Waals surface area contributed by atoms with Crippen molar-refractivity contribution in [2.75, 3.05) is 46.6 Å². The first-order valence-corrected chi connectivity index (χ1v) is 12.1. The number of amides is 1. The number of hydrogen-bond acceptors (Lipinski definition) is 5. The van der Waals surface area contributed by atoms with Gasteiger partial charge in [0.25, 0.3) is 0 Å². The van der Waals surface area contributed by atoms with Crippen LogP contribution in [0.5, 0.6) is 5.75 Å². The summed E-state index contributed by atoms with van der Waals surface area (Å²) in [7, 11) is 1.66. The van der Waals surface area contributed by atoms with E-state index >= 15 is 0 Å². The van der Waals surface area contributed by atoms with Crippen LogP contribution in [0, 0.1) is 5.92 Å². The van der Waals surface area contributed by atoms with Gasteiger partial charge in [-0.1, -0.05) is 30.3 Å². The van der Waals surface area contributed by atoms with Gasteiger partial charge in [0.05, 0.1) is 25.7 Å². The summed E-state index contributed by atoms with van der Waals surface area (Å²) in [5, 5.41) is 2.36. The Labute approximate surface area is 200 Å². The van der Waals surface area contributed by atoms with Gasteiger partial charge >= 0.3 is 0 Å². The Morgan fingerprint density at radius 2 is 1.91 bits per heavy atom. The predicted molar refractivity (Wildman–Crippen MR) is 131 cm³/mol. The zero-order chi connectivity index (χ0) is 23.4. The van der Waals surface area contributed by atoms with Crippen LogP contribution in [0.3, 0.4) is 0 Å². The molecule has 0 saturated carbocycles. The van der Waals surface area contributed by atoms with Crippen molar-refractivity contribution in [3.63, 3.8) is 0 Å². The van der Waals surface area contributed by atoms with Gasteiger partial charge in [-0.05, 0) is 54.0 Å². The van der Waals surface area contributed by atoms with E-state index in [9.17, 15) is 4.79 Å². The molecule has 6 nitrogen and oxygen atoms in total. The van der Waals surface area contributed by atoms with Crippen molar-refractivity contribution in [3.05, 3.63) is 72.1 Å². The second kappa shape index (κ2) is 10.1. The van der Waals surface area contributed by atoms with Crippen molar-refractivity contribution < 1.29 is 19.0 Å². The van der Waals surface area contributed by atoms with Crippen molar-refractivity contribution in [1.82, 2.24) is 9.88 Å². The number of rotatable bonds is 5. The van der Waals surface area contributed by atoms with Crippen LogP contribution in [0.2, 0.25) is 0 Å². The number of ether oxygens (including phenoxy) is 3. The first kappa shape index (κ1) is 22.8. The fourth-order valence-corrected chi connectivity index (χ4v) is 5.41. The summed E-state index contributed by atoms with van der Waals surface area (Å²) in [5.41, 5.74) is 1.73. The molecule has 2 aliphatic rings. The average Bonchev–Trinajstić information content (AvgIpc) is 3.14. The Kier molecular flexibility index (Phi) is 6.79. The lowest BCUT2D eigenvalue weighted by Crippen LogP contribution is -2.51. The lowest BCUT2D eigenvalue weighted by atomic mass is 9.72. The second-order valence-corrected chi connectivity index (χ2v) is 9.33. The highest BCUT2D eigenvalue weighted by Gasteiger charge is 2.44. The summed E-state index contributed by atoms with van der Waals surface area (Å²) < 4.78 is 17.0. The molecule has 34 heavy (non-hydrogen) atoms. The Morgan fingerprint density at radius 1 is 1.09 bits per heavy atom. The molecule has 1 amide bonds. The van der Waals surface area contributed by atoms with Gasteiger partial charge in [-0.3, -0.25) is 9.78 Å². The lowest BCUT2D eigenvalue weighted by molar-refractivity contribution is -0.141. The summed E-state index contributed by atoms with van der Waals surface area (Å²) in [6, 6.07) is 16.4.